The molecule has 5 nitrogen and oxygen atoms in total. The van der Waals surface area contributed by atoms with Crippen molar-refractivity contribution in [3.63, 3.8) is 0 Å². The van der Waals surface area contributed by atoms with Crippen LogP contribution in [0.5, 0.6) is 0 Å². The van der Waals surface area contributed by atoms with Crippen LogP contribution in [0.4, 0.5) is 0 Å². The first-order chi connectivity index (χ1) is 8.64. The lowest BCUT2D eigenvalue weighted by Gasteiger charge is -2.36. The molecule has 0 aromatic heterocycles. The van der Waals surface area contributed by atoms with Crippen LogP contribution in [0.15, 0.2) is 0 Å². The number of nitrogens with zero attached hydrogens (tertiary/aromatic N) is 2. The first-order valence-corrected chi connectivity index (χ1v) is 8.47. The molecule has 1 aliphatic heterocycles. The topological polar surface area (TPSA) is 60.9 Å². The number of β-amino-alcohol motifs (C(OH)–C–C–N with tert-alkyl or cyclic N) is 1. The minimum absolute atomic E-state index is 0.143. The summed E-state index contributed by atoms with van der Waals surface area (Å²) in [4.78, 5) is 2.12. The molecule has 0 unspecified atom stereocenters. The van der Waals surface area contributed by atoms with Crippen molar-refractivity contribution in [2.75, 3.05) is 39.3 Å². The van der Waals surface area contributed by atoms with Crippen LogP contribution in [0.1, 0.15) is 32.1 Å². The molecule has 1 saturated heterocycles. The first kappa shape index (κ1) is 14.2. The monoisotopic (exact) mass is 276 g/mol. The van der Waals surface area contributed by atoms with Crippen LogP contribution in [-0.2, 0) is 10.0 Å². The summed E-state index contributed by atoms with van der Waals surface area (Å²) in [5.74, 6) is 0. The lowest BCUT2D eigenvalue weighted by molar-refractivity contribution is 0.150. The van der Waals surface area contributed by atoms with Gasteiger partial charge in [0.1, 0.15) is 0 Å². The zero-order chi connectivity index (χ0) is 13.0. The number of aliphatic hydroxyl groups is 1. The highest BCUT2D eigenvalue weighted by atomic mass is 32.2. The lowest BCUT2D eigenvalue weighted by atomic mass is 10.0. The van der Waals surface area contributed by atoms with Crippen LogP contribution in [0.25, 0.3) is 0 Å². The molecule has 106 valence electrons. The van der Waals surface area contributed by atoms with Crippen molar-refractivity contribution in [2.24, 2.45) is 0 Å². The van der Waals surface area contributed by atoms with Crippen molar-refractivity contribution in [3.8, 4) is 0 Å². The van der Waals surface area contributed by atoms with E-state index in [1.54, 1.807) is 4.31 Å². The third kappa shape index (κ3) is 3.23. The molecule has 18 heavy (non-hydrogen) atoms. The summed E-state index contributed by atoms with van der Waals surface area (Å²) in [6, 6.07) is 0. The van der Waals surface area contributed by atoms with Gasteiger partial charge in [-0.25, -0.2) is 8.42 Å². The molecule has 0 aromatic carbocycles. The quantitative estimate of drug-likeness (QED) is 0.800. The van der Waals surface area contributed by atoms with Crippen molar-refractivity contribution in [1.29, 1.82) is 0 Å². The average molecular weight is 276 g/mol. The average Bonchev–Trinajstić information content (AvgIpc) is 2.41. The maximum absolute atomic E-state index is 12.5. The summed E-state index contributed by atoms with van der Waals surface area (Å²) < 4.78 is 26.6. The smallest absolute Gasteiger partial charge is 0.217 e. The maximum atomic E-state index is 12.5. The van der Waals surface area contributed by atoms with Gasteiger partial charge in [0.25, 0.3) is 0 Å². The van der Waals surface area contributed by atoms with Crippen molar-refractivity contribution in [1.82, 2.24) is 9.21 Å². The van der Waals surface area contributed by atoms with Crippen LogP contribution in [0.2, 0.25) is 0 Å². The normalized spacial score (nSPS) is 25.4. The van der Waals surface area contributed by atoms with Crippen molar-refractivity contribution >= 4 is 10.0 Å². The van der Waals surface area contributed by atoms with E-state index in [1.807, 2.05) is 0 Å². The van der Waals surface area contributed by atoms with Gasteiger partial charge in [-0.1, -0.05) is 19.3 Å². The molecule has 0 spiro atoms. The number of aliphatic hydroxyl groups excluding tert-OH is 1. The van der Waals surface area contributed by atoms with E-state index in [4.69, 9.17) is 5.11 Å². The SMILES string of the molecule is O=S(=O)(C1CCCCC1)N1CCN(CCO)CC1. The van der Waals surface area contributed by atoms with Gasteiger partial charge in [0, 0.05) is 32.7 Å². The predicted molar refractivity (Wildman–Crippen MR) is 70.9 cm³/mol. The van der Waals surface area contributed by atoms with Crippen LogP contribution < -0.4 is 0 Å². The molecule has 1 N–H and O–H groups in total. The second-order valence-corrected chi connectivity index (χ2v) is 7.48. The van der Waals surface area contributed by atoms with Gasteiger partial charge >= 0.3 is 0 Å². The second kappa shape index (κ2) is 6.32. The highest BCUT2D eigenvalue weighted by molar-refractivity contribution is 7.89. The second-order valence-electron chi connectivity index (χ2n) is 5.27. The van der Waals surface area contributed by atoms with Gasteiger partial charge < -0.3 is 5.11 Å². The molecular formula is C12H24N2O3S. The summed E-state index contributed by atoms with van der Waals surface area (Å²) in [6.07, 6.45) is 4.94. The number of rotatable bonds is 4. The molecule has 0 aromatic rings. The van der Waals surface area contributed by atoms with Gasteiger partial charge in [-0.3, -0.25) is 4.90 Å². The van der Waals surface area contributed by atoms with Crippen molar-refractivity contribution < 1.29 is 13.5 Å². The molecule has 2 aliphatic rings. The van der Waals surface area contributed by atoms with Gasteiger partial charge in [0.05, 0.1) is 11.9 Å². The number of hydrogen-bond acceptors (Lipinski definition) is 4. The molecule has 0 bridgehead atoms. The maximum Gasteiger partial charge on any atom is 0.217 e. The standard InChI is InChI=1S/C12H24N2O3S/c15-11-10-13-6-8-14(9-7-13)18(16,17)12-4-2-1-3-5-12/h12,15H,1-11H2. The molecule has 0 amide bonds. The summed E-state index contributed by atoms with van der Waals surface area (Å²) in [7, 11) is -3.08. The number of hydrogen-bond donors (Lipinski definition) is 1. The Morgan fingerprint density at radius 2 is 1.61 bits per heavy atom. The predicted octanol–water partition coefficient (Wildman–Crippen LogP) is 0.259. The molecule has 0 radical (unpaired) electrons. The fraction of sp³-hybridized carbons (Fsp3) is 1.00. The number of sulfonamides is 1. The molecule has 1 aliphatic carbocycles. The Morgan fingerprint density at radius 1 is 1.00 bits per heavy atom. The molecule has 0 atom stereocenters. The van der Waals surface area contributed by atoms with Crippen LogP contribution in [0, 0.1) is 0 Å². The van der Waals surface area contributed by atoms with E-state index in [9.17, 15) is 8.42 Å². The van der Waals surface area contributed by atoms with E-state index in [2.05, 4.69) is 4.90 Å². The molecule has 6 heteroatoms. The largest absolute Gasteiger partial charge is 0.395 e. The van der Waals surface area contributed by atoms with Crippen molar-refractivity contribution in [3.05, 3.63) is 0 Å². The summed E-state index contributed by atoms with van der Waals surface area (Å²) in [5.41, 5.74) is 0. The van der Waals surface area contributed by atoms with E-state index in [-0.39, 0.29) is 11.9 Å². The highest BCUT2D eigenvalue weighted by Crippen LogP contribution is 2.26. The summed E-state index contributed by atoms with van der Waals surface area (Å²) >= 11 is 0. The Balaban J connectivity index is 1.91. The minimum Gasteiger partial charge on any atom is -0.395 e. The van der Waals surface area contributed by atoms with E-state index in [0.29, 0.717) is 19.6 Å². The molecular weight excluding hydrogens is 252 g/mol. The van der Waals surface area contributed by atoms with E-state index in [0.717, 1.165) is 38.8 Å². The van der Waals surface area contributed by atoms with Gasteiger partial charge in [-0.15, -0.1) is 0 Å². The van der Waals surface area contributed by atoms with E-state index >= 15 is 0 Å². The van der Waals surface area contributed by atoms with Gasteiger partial charge in [0.15, 0.2) is 0 Å². The van der Waals surface area contributed by atoms with Gasteiger partial charge in [-0.05, 0) is 12.8 Å². The molecule has 2 fully saturated rings. The molecule has 1 saturated carbocycles. The van der Waals surface area contributed by atoms with E-state index in [1.165, 1.54) is 6.42 Å². The van der Waals surface area contributed by atoms with Gasteiger partial charge in [0.2, 0.25) is 10.0 Å². The zero-order valence-corrected chi connectivity index (χ0v) is 11.7. The number of piperazine rings is 1. The van der Waals surface area contributed by atoms with Crippen molar-refractivity contribution in [2.45, 2.75) is 37.4 Å². The summed E-state index contributed by atoms with van der Waals surface area (Å²) in [6.45, 7) is 3.45. The fourth-order valence-electron chi connectivity index (χ4n) is 2.92. The third-order valence-corrected chi connectivity index (χ3v) is 6.48. The lowest BCUT2D eigenvalue weighted by Crippen LogP contribution is -2.51. The zero-order valence-electron chi connectivity index (χ0n) is 10.9. The Bertz CT molecular complexity index is 344. The molecule has 2 rings (SSSR count). The Kier molecular flexibility index (Phi) is 5.00. The Morgan fingerprint density at radius 3 is 2.17 bits per heavy atom. The Labute approximate surface area is 110 Å². The fourth-order valence-corrected chi connectivity index (χ4v) is 4.95. The molecule has 1 heterocycles. The van der Waals surface area contributed by atoms with Gasteiger partial charge in [-0.2, -0.15) is 4.31 Å². The first-order valence-electron chi connectivity index (χ1n) is 6.97. The minimum atomic E-state index is -3.08. The van der Waals surface area contributed by atoms with Crippen LogP contribution >= 0.6 is 0 Å². The highest BCUT2D eigenvalue weighted by Gasteiger charge is 2.34. The van der Waals surface area contributed by atoms with E-state index < -0.39 is 10.0 Å². The van der Waals surface area contributed by atoms with Crippen LogP contribution in [0.3, 0.4) is 0 Å². The van der Waals surface area contributed by atoms with Crippen LogP contribution in [-0.4, -0.2) is 67.3 Å². The summed E-state index contributed by atoms with van der Waals surface area (Å²) in [5, 5.41) is 8.73. The Hall–Kier alpha value is -0.170. The third-order valence-electron chi connectivity index (χ3n) is 4.08.